The molecule has 1 aliphatic heterocycles. The monoisotopic (exact) mass is 451 g/mol. The molecule has 0 N–H and O–H groups in total. The van der Waals surface area contributed by atoms with E-state index in [1.807, 2.05) is 47.4 Å². The first-order valence-corrected chi connectivity index (χ1v) is 10.8. The fraction of sp³-hybridized carbons (Fsp3) is 0.250. The Morgan fingerprint density at radius 1 is 1.25 bits per heavy atom. The number of halogens is 1. The minimum Gasteiger partial charge on any atom is -0.466 e. The molecule has 0 atom stereocenters. The molecule has 28 heavy (non-hydrogen) atoms. The van der Waals surface area contributed by atoms with E-state index in [0.29, 0.717) is 46.1 Å². The lowest BCUT2D eigenvalue weighted by Crippen LogP contribution is -2.28. The van der Waals surface area contributed by atoms with Crippen molar-refractivity contribution in [3.8, 4) is 11.3 Å². The molecule has 1 aromatic carbocycles. The number of hydrogen-bond donors (Lipinski definition) is 0. The molecule has 0 saturated carbocycles. The molecule has 0 amide bonds. The molecule has 0 radical (unpaired) electrons. The number of carbonyl (C=O) groups is 1. The van der Waals surface area contributed by atoms with Gasteiger partial charge in [-0.25, -0.2) is 0 Å². The Hall–Kier alpha value is -1.67. The molecule has 1 aliphatic rings. The largest absolute Gasteiger partial charge is 0.466 e. The number of rotatable bonds is 7. The van der Waals surface area contributed by atoms with Gasteiger partial charge in [0.1, 0.15) is 20.8 Å². The number of carbonyl (C=O) groups excluding carboxylic acids is 1. The summed E-state index contributed by atoms with van der Waals surface area (Å²) in [7, 11) is 0. The number of thioether (sulfide) groups is 1. The average Bonchev–Trinajstić information content (AvgIpc) is 3.23. The summed E-state index contributed by atoms with van der Waals surface area (Å²) in [6.45, 7) is 2.78. The second-order valence-corrected chi connectivity index (χ2v) is 8.45. The Labute approximate surface area is 183 Å². The van der Waals surface area contributed by atoms with Crippen LogP contribution in [0.25, 0.3) is 17.4 Å². The first-order valence-electron chi connectivity index (χ1n) is 8.74. The minimum atomic E-state index is -0.202. The molecule has 0 aliphatic carbocycles. The molecule has 1 aromatic heterocycles. The van der Waals surface area contributed by atoms with Gasteiger partial charge in [-0.1, -0.05) is 47.8 Å². The van der Waals surface area contributed by atoms with Crippen LogP contribution in [0.2, 0.25) is 5.02 Å². The third kappa shape index (κ3) is 5.23. The molecule has 2 heterocycles. The highest BCUT2D eigenvalue weighted by Gasteiger charge is 2.28. The van der Waals surface area contributed by atoms with Gasteiger partial charge in [-0.3, -0.25) is 4.79 Å². The van der Waals surface area contributed by atoms with E-state index >= 15 is 0 Å². The van der Waals surface area contributed by atoms with E-state index in [-0.39, 0.29) is 5.97 Å². The summed E-state index contributed by atoms with van der Waals surface area (Å²) in [4.78, 5) is 14.9. The van der Waals surface area contributed by atoms with Crippen LogP contribution in [-0.4, -0.2) is 33.3 Å². The summed E-state index contributed by atoms with van der Waals surface area (Å²) in [6, 6.07) is 11.3. The zero-order valence-electron chi connectivity index (χ0n) is 15.1. The zero-order valence-corrected chi connectivity index (χ0v) is 18.3. The molecule has 3 rings (SSSR count). The number of benzene rings is 1. The Balaban J connectivity index is 1.65. The zero-order chi connectivity index (χ0) is 20.1. The maximum atomic E-state index is 11.5. The van der Waals surface area contributed by atoms with Crippen LogP contribution >= 0.6 is 47.8 Å². The second-order valence-electron chi connectivity index (χ2n) is 5.95. The van der Waals surface area contributed by atoms with Crippen LogP contribution in [0, 0.1) is 0 Å². The third-order valence-corrected chi connectivity index (χ3v) is 6.19. The first kappa shape index (κ1) is 21.0. The predicted octanol–water partition coefficient (Wildman–Crippen LogP) is 5.95. The van der Waals surface area contributed by atoms with Gasteiger partial charge < -0.3 is 14.1 Å². The van der Waals surface area contributed by atoms with E-state index < -0.39 is 0 Å². The lowest BCUT2D eigenvalue weighted by Gasteiger charge is -2.16. The number of hydrogen-bond acceptors (Lipinski definition) is 6. The standard InChI is InChI=1S/C20H18ClNO3S3/c1-2-24-18(23)4-3-11-22-19(26)17(28-20(22)27)12-15-9-10-16(25-15)13-5-7-14(21)8-6-13/h5-10,12H,2-4,11H2,1H3/b17-12-. The summed E-state index contributed by atoms with van der Waals surface area (Å²) in [5.74, 6) is 1.25. The van der Waals surface area contributed by atoms with Crippen molar-refractivity contribution < 1.29 is 13.9 Å². The van der Waals surface area contributed by atoms with Gasteiger partial charge in [0.25, 0.3) is 0 Å². The highest BCUT2D eigenvalue weighted by molar-refractivity contribution is 8.27. The fourth-order valence-corrected chi connectivity index (χ4v) is 4.55. The van der Waals surface area contributed by atoms with Gasteiger partial charge in [0.15, 0.2) is 0 Å². The molecule has 1 saturated heterocycles. The summed E-state index contributed by atoms with van der Waals surface area (Å²) in [6.07, 6.45) is 2.88. The lowest BCUT2D eigenvalue weighted by molar-refractivity contribution is -0.143. The van der Waals surface area contributed by atoms with Crippen LogP contribution in [0.3, 0.4) is 0 Å². The van der Waals surface area contributed by atoms with E-state index in [0.717, 1.165) is 16.2 Å². The van der Waals surface area contributed by atoms with E-state index in [1.165, 1.54) is 11.8 Å². The van der Waals surface area contributed by atoms with Gasteiger partial charge in [0, 0.05) is 23.6 Å². The quantitative estimate of drug-likeness (QED) is 0.293. The van der Waals surface area contributed by atoms with Crippen LogP contribution in [0.1, 0.15) is 25.5 Å². The van der Waals surface area contributed by atoms with Crippen molar-refractivity contribution in [1.82, 2.24) is 4.90 Å². The van der Waals surface area contributed by atoms with Crippen molar-refractivity contribution in [3.05, 3.63) is 52.1 Å². The van der Waals surface area contributed by atoms with Crippen molar-refractivity contribution in [2.45, 2.75) is 19.8 Å². The molecule has 1 fully saturated rings. The van der Waals surface area contributed by atoms with Crippen molar-refractivity contribution in [2.75, 3.05) is 13.2 Å². The van der Waals surface area contributed by atoms with E-state index in [2.05, 4.69) is 0 Å². The van der Waals surface area contributed by atoms with E-state index in [9.17, 15) is 4.79 Å². The van der Waals surface area contributed by atoms with Gasteiger partial charge in [-0.05, 0) is 55.8 Å². The van der Waals surface area contributed by atoms with Crippen LogP contribution in [0.5, 0.6) is 0 Å². The molecular formula is C20H18ClNO3S3. The van der Waals surface area contributed by atoms with Crippen molar-refractivity contribution in [1.29, 1.82) is 0 Å². The van der Waals surface area contributed by atoms with Gasteiger partial charge >= 0.3 is 5.97 Å². The predicted molar refractivity (Wildman–Crippen MR) is 122 cm³/mol. The highest BCUT2D eigenvalue weighted by Crippen LogP contribution is 2.34. The number of furan rings is 1. The van der Waals surface area contributed by atoms with Crippen molar-refractivity contribution in [2.24, 2.45) is 0 Å². The maximum absolute atomic E-state index is 11.5. The molecule has 0 unspecified atom stereocenters. The Kier molecular flexibility index (Phi) is 7.29. The molecule has 146 valence electrons. The third-order valence-electron chi connectivity index (χ3n) is 3.97. The van der Waals surface area contributed by atoms with Crippen molar-refractivity contribution >= 4 is 69.2 Å². The smallest absolute Gasteiger partial charge is 0.305 e. The summed E-state index contributed by atoms with van der Waals surface area (Å²) in [5, 5.41) is 0.682. The van der Waals surface area contributed by atoms with Gasteiger partial charge in [0.05, 0.1) is 11.5 Å². The first-order chi connectivity index (χ1) is 13.5. The van der Waals surface area contributed by atoms with Crippen LogP contribution in [0.4, 0.5) is 0 Å². The Bertz CT molecular complexity index is 921. The van der Waals surface area contributed by atoms with Crippen LogP contribution in [0.15, 0.2) is 45.7 Å². The Morgan fingerprint density at radius 2 is 2.00 bits per heavy atom. The molecule has 2 aromatic rings. The normalized spacial score (nSPS) is 15.5. The Morgan fingerprint density at radius 3 is 2.71 bits per heavy atom. The van der Waals surface area contributed by atoms with E-state index in [4.69, 9.17) is 45.2 Å². The number of nitrogens with zero attached hydrogens (tertiary/aromatic N) is 1. The van der Waals surface area contributed by atoms with Crippen LogP contribution in [-0.2, 0) is 9.53 Å². The lowest BCUT2D eigenvalue weighted by atomic mass is 10.2. The van der Waals surface area contributed by atoms with Gasteiger partial charge in [-0.15, -0.1) is 0 Å². The summed E-state index contributed by atoms with van der Waals surface area (Å²) in [5.41, 5.74) is 0.951. The average molecular weight is 452 g/mol. The number of esters is 1. The fourth-order valence-electron chi connectivity index (χ4n) is 2.64. The summed E-state index contributed by atoms with van der Waals surface area (Å²) >= 11 is 18.4. The molecule has 0 spiro atoms. The van der Waals surface area contributed by atoms with Gasteiger partial charge in [-0.2, -0.15) is 0 Å². The molecule has 4 nitrogen and oxygen atoms in total. The molecular weight excluding hydrogens is 434 g/mol. The van der Waals surface area contributed by atoms with Crippen LogP contribution < -0.4 is 0 Å². The van der Waals surface area contributed by atoms with Gasteiger partial charge in [0.2, 0.25) is 0 Å². The summed E-state index contributed by atoms with van der Waals surface area (Å²) < 4.78 is 11.5. The SMILES string of the molecule is CCOC(=O)CCCN1C(=S)S/C(=C\c2ccc(-c3ccc(Cl)cc3)o2)C1=S. The second kappa shape index (κ2) is 9.69. The number of ether oxygens (including phenoxy) is 1. The highest BCUT2D eigenvalue weighted by atomic mass is 35.5. The maximum Gasteiger partial charge on any atom is 0.305 e. The minimum absolute atomic E-state index is 0.202. The number of thiocarbonyl (C=S) groups is 2. The topological polar surface area (TPSA) is 42.7 Å². The molecule has 0 bridgehead atoms. The van der Waals surface area contributed by atoms with Crippen molar-refractivity contribution in [3.63, 3.8) is 0 Å². The molecule has 8 heteroatoms. The van der Waals surface area contributed by atoms with E-state index in [1.54, 1.807) is 6.92 Å².